The predicted octanol–water partition coefficient (Wildman–Crippen LogP) is 1.45. The first-order valence-electron chi connectivity index (χ1n) is 2.97. The summed E-state index contributed by atoms with van der Waals surface area (Å²) in [5.41, 5.74) is 2.71. The van der Waals surface area contributed by atoms with E-state index in [4.69, 9.17) is 0 Å². The highest BCUT2D eigenvalue weighted by molar-refractivity contribution is 4.87. The van der Waals surface area contributed by atoms with Gasteiger partial charge in [0, 0.05) is 0 Å². The van der Waals surface area contributed by atoms with Crippen molar-refractivity contribution in [1.82, 2.24) is 5.48 Å². The molecule has 8 heavy (non-hydrogen) atoms. The Morgan fingerprint density at radius 3 is 2.25 bits per heavy atom. The first-order valence-corrected chi connectivity index (χ1v) is 2.97. The molecule has 0 aromatic carbocycles. The van der Waals surface area contributed by atoms with Gasteiger partial charge >= 0.3 is 0 Å². The predicted molar refractivity (Wildman–Crippen MR) is 34.2 cm³/mol. The molecule has 1 N–H and O–H groups in total. The molecule has 1 atom stereocenters. The summed E-state index contributed by atoms with van der Waals surface area (Å²) in [7, 11) is 0. The minimum Gasteiger partial charge on any atom is -0.416 e. The van der Waals surface area contributed by atoms with E-state index < -0.39 is 0 Å². The van der Waals surface area contributed by atoms with Gasteiger partial charge in [-0.3, -0.25) is 0 Å². The van der Waals surface area contributed by atoms with E-state index in [2.05, 4.69) is 10.3 Å². The third-order valence-electron chi connectivity index (χ3n) is 0.689. The fourth-order valence-electron chi connectivity index (χ4n) is 0.343. The lowest BCUT2D eigenvalue weighted by Crippen LogP contribution is -2.15. The van der Waals surface area contributed by atoms with Gasteiger partial charge in [-0.05, 0) is 13.0 Å². The molecule has 0 saturated carbocycles. The van der Waals surface area contributed by atoms with Crippen LogP contribution in [0.1, 0.15) is 20.8 Å². The molecule has 0 aromatic rings. The summed E-state index contributed by atoms with van der Waals surface area (Å²) < 4.78 is 0. The van der Waals surface area contributed by atoms with Crippen molar-refractivity contribution in [2.75, 3.05) is 0 Å². The molecule has 1 unspecified atom stereocenters. The second-order valence-corrected chi connectivity index (χ2v) is 1.35. The van der Waals surface area contributed by atoms with Gasteiger partial charge in [0.15, 0.2) is 0 Å². The Morgan fingerprint density at radius 1 is 1.50 bits per heavy atom. The van der Waals surface area contributed by atoms with Gasteiger partial charge in [0.25, 0.3) is 0 Å². The summed E-state index contributed by atoms with van der Waals surface area (Å²) in [6, 6.07) is 0.394. The summed E-state index contributed by atoms with van der Waals surface area (Å²) in [6.07, 6.45) is 3.59. The van der Waals surface area contributed by atoms with Crippen LogP contribution < -0.4 is 5.48 Å². The third-order valence-corrected chi connectivity index (χ3v) is 0.689. The van der Waals surface area contributed by atoms with Crippen LogP contribution in [0.3, 0.4) is 0 Å². The maximum Gasteiger partial charge on any atom is 0.109 e. The van der Waals surface area contributed by atoms with Crippen LogP contribution in [0.25, 0.3) is 0 Å². The Kier molecular flexibility index (Phi) is 4.36. The average molecular weight is 115 g/mol. The third kappa shape index (κ3) is 2.64. The Balaban J connectivity index is 0.000000222. The van der Waals surface area contributed by atoms with Crippen molar-refractivity contribution in [2.45, 2.75) is 26.8 Å². The average Bonchev–Trinajstić information content (AvgIpc) is 2.24. The number of hydrogen-bond acceptors (Lipinski definition) is 2. The zero-order valence-corrected chi connectivity index (χ0v) is 5.64. The van der Waals surface area contributed by atoms with E-state index in [1.165, 1.54) is 0 Å². The van der Waals surface area contributed by atoms with Crippen molar-refractivity contribution in [3.63, 3.8) is 0 Å². The standard InChI is InChI=1S/C4H7NO.C2H6/c1-4-2-3-6-5-4;1-2/h2-5H,1H3;1-2H3. The smallest absolute Gasteiger partial charge is 0.109 e. The molecular weight excluding hydrogens is 102 g/mol. The molecule has 0 fully saturated rings. The first-order chi connectivity index (χ1) is 3.89. The van der Waals surface area contributed by atoms with Crippen molar-refractivity contribution >= 4 is 0 Å². The Hall–Kier alpha value is -0.500. The van der Waals surface area contributed by atoms with E-state index in [0.29, 0.717) is 6.04 Å². The Labute approximate surface area is 50.5 Å². The zero-order valence-electron chi connectivity index (χ0n) is 5.64. The lowest BCUT2D eigenvalue weighted by molar-refractivity contribution is 0.146. The lowest BCUT2D eigenvalue weighted by Gasteiger charge is -1.94. The normalized spacial score (nSPS) is 23.6. The van der Waals surface area contributed by atoms with E-state index in [0.717, 1.165) is 0 Å². The van der Waals surface area contributed by atoms with Crippen LogP contribution in [-0.2, 0) is 4.84 Å². The van der Waals surface area contributed by atoms with Crippen LogP contribution in [-0.4, -0.2) is 6.04 Å². The molecule has 0 spiro atoms. The molecular formula is C6H13NO. The summed E-state index contributed by atoms with van der Waals surface area (Å²) in [6.45, 7) is 6.02. The summed E-state index contributed by atoms with van der Waals surface area (Å²) in [4.78, 5) is 4.63. The van der Waals surface area contributed by atoms with E-state index >= 15 is 0 Å². The number of nitrogens with one attached hydrogen (secondary N) is 1. The monoisotopic (exact) mass is 115 g/mol. The van der Waals surface area contributed by atoms with Gasteiger partial charge in [-0.15, -0.1) is 0 Å². The molecule has 0 bridgehead atoms. The maximum atomic E-state index is 4.63. The molecule has 0 amide bonds. The van der Waals surface area contributed by atoms with E-state index in [1.807, 2.05) is 26.8 Å². The van der Waals surface area contributed by atoms with Crippen molar-refractivity contribution in [2.24, 2.45) is 0 Å². The van der Waals surface area contributed by atoms with E-state index in [9.17, 15) is 0 Å². The van der Waals surface area contributed by atoms with Crippen LogP contribution in [0.4, 0.5) is 0 Å². The summed E-state index contributed by atoms with van der Waals surface area (Å²) in [5.74, 6) is 0. The van der Waals surface area contributed by atoms with Crippen LogP contribution in [0.2, 0.25) is 0 Å². The summed E-state index contributed by atoms with van der Waals surface area (Å²) in [5, 5.41) is 0. The van der Waals surface area contributed by atoms with E-state index in [1.54, 1.807) is 6.26 Å². The van der Waals surface area contributed by atoms with Crippen molar-refractivity contribution in [1.29, 1.82) is 0 Å². The highest BCUT2D eigenvalue weighted by atomic mass is 16.6. The molecule has 1 aliphatic rings. The largest absolute Gasteiger partial charge is 0.416 e. The fraction of sp³-hybridized carbons (Fsp3) is 0.667. The molecule has 1 heterocycles. The lowest BCUT2D eigenvalue weighted by atomic mass is 10.4. The molecule has 1 aliphatic heterocycles. The Bertz CT molecular complexity index is 70.9. The van der Waals surface area contributed by atoms with Crippen LogP contribution in [0, 0.1) is 0 Å². The summed E-state index contributed by atoms with van der Waals surface area (Å²) >= 11 is 0. The molecule has 1 rings (SSSR count). The minimum atomic E-state index is 0.394. The molecule has 2 heteroatoms. The quantitative estimate of drug-likeness (QED) is 0.516. The Morgan fingerprint density at radius 2 is 2.12 bits per heavy atom. The molecule has 0 radical (unpaired) electrons. The van der Waals surface area contributed by atoms with Gasteiger partial charge in [-0.25, -0.2) is 0 Å². The molecule has 48 valence electrons. The number of hydroxylamine groups is 1. The van der Waals surface area contributed by atoms with Crippen LogP contribution in [0.5, 0.6) is 0 Å². The van der Waals surface area contributed by atoms with E-state index in [-0.39, 0.29) is 0 Å². The van der Waals surface area contributed by atoms with Gasteiger partial charge in [-0.2, -0.15) is 5.48 Å². The SMILES string of the molecule is CC.CC1C=CON1. The highest BCUT2D eigenvalue weighted by Gasteiger charge is 1.98. The van der Waals surface area contributed by atoms with Crippen LogP contribution in [0.15, 0.2) is 12.3 Å². The van der Waals surface area contributed by atoms with Crippen molar-refractivity contribution in [3.05, 3.63) is 12.3 Å². The van der Waals surface area contributed by atoms with Gasteiger partial charge in [-0.1, -0.05) is 13.8 Å². The van der Waals surface area contributed by atoms with Crippen molar-refractivity contribution < 1.29 is 4.84 Å². The zero-order chi connectivity index (χ0) is 6.41. The van der Waals surface area contributed by atoms with Gasteiger partial charge in [0.2, 0.25) is 0 Å². The molecule has 0 saturated heterocycles. The maximum absolute atomic E-state index is 4.63. The highest BCUT2D eigenvalue weighted by Crippen LogP contribution is 1.91. The number of rotatable bonds is 0. The van der Waals surface area contributed by atoms with Gasteiger partial charge in [0.05, 0.1) is 6.04 Å². The minimum absolute atomic E-state index is 0.394. The topological polar surface area (TPSA) is 21.3 Å². The van der Waals surface area contributed by atoms with Crippen molar-refractivity contribution in [3.8, 4) is 0 Å². The second kappa shape index (κ2) is 4.65. The molecule has 2 nitrogen and oxygen atoms in total. The van der Waals surface area contributed by atoms with Gasteiger partial charge in [0.1, 0.15) is 6.26 Å². The molecule has 0 aliphatic carbocycles. The number of hydrogen-bond donors (Lipinski definition) is 1. The first kappa shape index (κ1) is 7.50. The van der Waals surface area contributed by atoms with Gasteiger partial charge < -0.3 is 4.84 Å². The molecule has 0 aromatic heterocycles. The fourth-order valence-corrected chi connectivity index (χ4v) is 0.343. The second-order valence-electron chi connectivity index (χ2n) is 1.35. The van der Waals surface area contributed by atoms with Crippen LogP contribution >= 0.6 is 0 Å².